The van der Waals surface area contributed by atoms with Gasteiger partial charge in [0.25, 0.3) is 0 Å². The van der Waals surface area contributed by atoms with E-state index in [2.05, 4.69) is 190 Å². The van der Waals surface area contributed by atoms with Crippen molar-refractivity contribution in [1.82, 2.24) is 0 Å². The average molecular weight is 665 g/mol. The maximum Gasteiger partial charge on any atom is -0.00201 e. The zero-order valence-corrected chi connectivity index (χ0v) is 29.5. The molecular weight excluding hydrogens is 625 g/mol. The second kappa shape index (κ2) is 14.4. The summed E-state index contributed by atoms with van der Waals surface area (Å²) in [5, 5.41) is 9.91. The molecule has 0 saturated carbocycles. The molecule has 0 fully saturated rings. The molecule has 0 heteroatoms. The molecule has 0 aliphatic heterocycles. The van der Waals surface area contributed by atoms with Crippen molar-refractivity contribution in [3.8, 4) is 33.4 Å². The van der Waals surface area contributed by atoms with Crippen LogP contribution in [-0.2, 0) is 6.42 Å². The Labute approximate surface area is 306 Å². The minimum Gasteiger partial charge on any atom is -0.0991 e. The van der Waals surface area contributed by atoms with Gasteiger partial charge in [0.2, 0.25) is 0 Å². The molecule has 0 N–H and O–H groups in total. The highest BCUT2D eigenvalue weighted by Gasteiger charge is 2.20. The van der Waals surface area contributed by atoms with Crippen LogP contribution in [0.15, 0.2) is 183 Å². The Morgan fingerprint density at radius 2 is 1.10 bits per heavy atom. The molecule has 0 atom stereocenters. The molecule has 0 bridgehead atoms. The van der Waals surface area contributed by atoms with Gasteiger partial charge in [0, 0.05) is 0 Å². The largest absolute Gasteiger partial charge is 0.0991 e. The molecule has 0 aliphatic rings. The van der Waals surface area contributed by atoms with E-state index in [-0.39, 0.29) is 0 Å². The lowest BCUT2D eigenvalue weighted by molar-refractivity contribution is 1.33. The van der Waals surface area contributed by atoms with E-state index in [0.29, 0.717) is 0 Å². The molecule has 0 nitrogen and oxygen atoms in total. The molecule has 0 unspecified atom stereocenters. The van der Waals surface area contributed by atoms with Gasteiger partial charge in [-0.25, -0.2) is 0 Å². The van der Waals surface area contributed by atoms with Gasteiger partial charge < -0.3 is 0 Å². The molecule has 248 valence electrons. The Hall–Kier alpha value is -6.50. The molecule has 0 amide bonds. The molecular formula is C52H40. The second-order valence-corrected chi connectivity index (χ2v) is 13.4. The lowest BCUT2D eigenvalue weighted by Gasteiger charge is -2.20. The third-order valence-electron chi connectivity index (χ3n) is 10.2. The highest BCUT2D eigenvalue weighted by molar-refractivity contribution is 6.22. The molecule has 8 rings (SSSR count). The quantitative estimate of drug-likeness (QED) is 0.112. The lowest BCUT2D eigenvalue weighted by atomic mass is 9.82. The summed E-state index contributed by atoms with van der Waals surface area (Å²) in [6.07, 6.45) is 13.1. The molecule has 0 radical (unpaired) electrons. The number of hydrogen-bond acceptors (Lipinski definition) is 0. The van der Waals surface area contributed by atoms with Crippen LogP contribution in [0.5, 0.6) is 0 Å². The Morgan fingerprint density at radius 1 is 0.500 bits per heavy atom. The predicted molar refractivity (Wildman–Crippen MR) is 228 cm³/mol. The molecule has 0 saturated heterocycles. The van der Waals surface area contributed by atoms with Crippen molar-refractivity contribution < 1.29 is 0 Å². The Kier molecular flexibility index (Phi) is 9.05. The summed E-state index contributed by atoms with van der Waals surface area (Å²) in [5.74, 6) is 0. The van der Waals surface area contributed by atoms with Crippen molar-refractivity contribution in [3.63, 3.8) is 0 Å². The maximum absolute atomic E-state index is 3.93. The van der Waals surface area contributed by atoms with Gasteiger partial charge in [-0.05, 0) is 112 Å². The molecule has 0 aromatic heterocycles. The van der Waals surface area contributed by atoms with Crippen LogP contribution in [0.2, 0.25) is 0 Å². The fourth-order valence-electron chi connectivity index (χ4n) is 7.75. The minimum absolute atomic E-state index is 0.868. The van der Waals surface area contributed by atoms with Gasteiger partial charge in [0.05, 0.1) is 0 Å². The second-order valence-electron chi connectivity index (χ2n) is 13.4. The molecule has 0 spiro atoms. The lowest BCUT2D eigenvalue weighted by Crippen LogP contribution is -2.23. The number of aryl methyl sites for hydroxylation is 1. The highest BCUT2D eigenvalue weighted by atomic mass is 14.2. The Balaban J connectivity index is 1.29. The van der Waals surface area contributed by atoms with Crippen molar-refractivity contribution in [1.29, 1.82) is 0 Å². The van der Waals surface area contributed by atoms with Crippen molar-refractivity contribution in [3.05, 3.63) is 210 Å². The van der Waals surface area contributed by atoms with E-state index in [1.807, 2.05) is 18.2 Å². The highest BCUT2D eigenvalue weighted by Crippen LogP contribution is 2.47. The van der Waals surface area contributed by atoms with Crippen LogP contribution in [0.3, 0.4) is 0 Å². The Bertz CT molecular complexity index is 2750. The number of benzene rings is 8. The third-order valence-corrected chi connectivity index (χ3v) is 10.2. The molecule has 0 aliphatic carbocycles. The summed E-state index contributed by atoms with van der Waals surface area (Å²) in [5.41, 5.74) is 11.2. The van der Waals surface area contributed by atoms with E-state index in [1.54, 1.807) is 0 Å². The first-order chi connectivity index (χ1) is 25.6. The number of rotatable bonds is 8. The van der Waals surface area contributed by atoms with E-state index in [9.17, 15) is 0 Å². The van der Waals surface area contributed by atoms with Gasteiger partial charge in [-0.1, -0.05) is 195 Å². The first kappa shape index (κ1) is 32.7. The van der Waals surface area contributed by atoms with E-state index >= 15 is 0 Å². The van der Waals surface area contributed by atoms with E-state index in [0.717, 1.165) is 6.42 Å². The molecule has 0 heterocycles. The maximum atomic E-state index is 3.93. The van der Waals surface area contributed by atoms with Gasteiger partial charge in [-0.3, -0.25) is 0 Å². The smallest absolute Gasteiger partial charge is 0.00201 e. The van der Waals surface area contributed by atoms with E-state index < -0.39 is 0 Å². The van der Waals surface area contributed by atoms with Crippen molar-refractivity contribution >= 4 is 50.5 Å². The van der Waals surface area contributed by atoms with Gasteiger partial charge in [0.1, 0.15) is 0 Å². The summed E-state index contributed by atoms with van der Waals surface area (Å²) in [6, 6.07) is 55.6. The first-order valence-corrected chi connectivity index (χ1v) is 18.0. The minimum atomic E-state index is 0.868. The number of hydrogen-bond donors (Lipinski definition) is 0. The molecule has 52 heavy (non-hydrogen) atoms. The monoisotopic (exact) mass is 664 g/mol. The van der Waals surface area contributed by atoms with Crippen LogP contribution in [0.1, 0.15) is 16.7 Å². The Morgan fingerprint density at radius 3 is 1.81 bits per heavy atom. The zero-order chi connectivity index (χ0) is 35.4. The van der Waals surface area contributed by atoms with Crippen LogP contribution in [-0.4, -0.2) is 0 Å². The van der Waals surface area contributed by atoms with Crippen LogP contribution in [0.4, 0.5) is 0 Å². The van der Waals surface area contributed by atoms with E-state index in [4.69, 9.17) is 0 Å². The standard InChI is InChI=1S/C52H40/c1-4-6-20-43-36(3)17-15-27-44(43)45-21-9-10-22-46(45)52-49-25-13-11-23-47(49)51(48-24-12-14-26-50(48)52)42-33-32-40-34-37(29-31-41(40)35-42)28-30-39-19-8-7-18-38(39)16-5-2/h4-27,29-35H,1-2,28H2,3H3/b20-6-,38-16-,39-30-. The zero-order valence-electron chi connectivity index (χ0n) is 29.5. The first-order valence-electron chi connectivity index (χ1n) is 18.0. The summed E-state index contributed by atoms with van der Waals surface area (Å²) in [7, 11) is 0. The summed E-state index contributed by atoms with van der Waals surface area (Å²) < 4.78 is 0. The van der Waals surface area contributed by atoms with Crippen molar-refractivity contribution in [2.75, 3.05) is 0 Å². The topological polar surface area (TPSA) is 0 Å². The number of fused-ring (bicyclic) bond motifs is 3. The SMILES string of the molecule is C=C/C=C\c1c(C)cccc1-c1ccccc1-c1c2ccccc2c(-c2ccc3cc(C/C=c4/cccc/c4=C/C=C)ccc3c2)c2ccccc12. The summed E-state index contributed by atoms with van der Waals surface area (Å²) >= 11 is 0. The fourth-order valence-corrected chi connectivity index (χ4v) is 7.75. The predicted octanol–water partition coefficient (Wildman–Crippen LogP) is 12.6. The van der Waals surface area contributed by atoms with Gasteiger partial charge in [0.15, 0.2) is 0 Å². The molecule has 8 aromatic rings. The van der Waals surface area contributed by atoms with Gasteiger partial charge in [-0.2, -0.15) is 0 Å². The van der Waals surface area contributed by atoms with Crippen molar-refractivity contribution in [2.45, 2.75) is 13.3 Å². The normalized spacial score (nSPS) is 12.3. The van der Waals surface area contributed by atoms with Crippen LogP contribution in [0.25, 0.3) is 83.9 Å². The van der Waals surface area contributed by atoms with Crippen molar-refractivity contribution in [2.24, 2.45) is 0 Å². The summed E-state index contributed by atoms with van der Waals surface area (Å²) in [6.45, 7) is 9.99. The van der Waals surface area contributed by atoms with E-state index in [1.165, 1.54) is 92.8 Å². The summed E-state index contributed by atoms with van der Waals surface area (Å²) in [4.78, 5) is 0. The van der Waals surface area contributed by atoms with Gasteiger partial charge in [-0.15, -0.1) is 0 Å². The van der Waals surface area contributed by atoms with Crippen LogP contribution < -0.4 is 10.4 Å². The van der Waals surface area contributed by atoms with Gasteiger partial charge >= 0.3 is 0 Å². The molecule has 8 aromatic carbocycles. The van der Waals surface area contributed by atoms with Crippen LogP contribution >= 0.6 is 0 Å². The number of allylic oxidation sites excluding steroid dienone is 3. The van der Waals surface area contributed by atoms with Crippen LogP contribution in [0, 0.1) is 6.92 Å². The fraction of sp³-hybridized carbons (Fsp3) is 0.0385. The third kappa shape index (κ3) is 6.10. The average Bonchev–Trinajstić information content (AvgIpc) is 3.19.